The third kappa shape index (κ3) is 1.96. The summed E-state index contributed by atoms with van der Waals surface area (Å²) in [5.41, 5.74) is 1.03. The summed E-state index contributed by atoms with van der Waals surface area (Å²) in [6.45, 7) is 4.02. The molecule has 0 saturated heterocycles. The van der Waals surface area contributed by atoms with Crippen LogP contribution in [0.4, 0.5) is 0 Å². The molecule has 1 aromatic carbocycles. The number of ketones is 2. The Labute approximate surface area is 106 Å². The van der Waals surface area contributed by atoms with Crippen LogP contribution in [0.15, 0.2) is 29.8 Å². The lowest BCUT2D eigenvalue weighted by Gasteiger charge is -2.19. The van der Waals surface area contributed by atoms with Gasteiger partial charge >= 0.3 is 0 Å². The number of fused-ring (bicyclic) bond motifs is 1. The molecule has 1 atom stereocenters. The van der Waals surface area contributed by atoms with Crippen LogP contribution >= 0.6 is 0 Å². The Morgan fingerprint density at radius 1 is 1.11 bits per heavy atom. The molecule has 2 rings (SSSR count). The Morgan fingerprint density at radius 2 is 1.72 bits per heavy atom. The number of aliphatic hydroxyl groups is 1. The molecule has 0 aromatic heterocycles. The van der Waals surface area contributed by atoms with Gasteiger partial charge in [0.05, 0.1) is 0 Å². The molecule has 18 heavy (non-hydrogen) atoms. The zero-order chi connectivity index (χ0) is 13.3. The molecule has 0 fully saturated rings. The van der Waals surface area contributed by atoms with E-state index >= 15 is 0 Å². The molecule has 1 N–H and O–H groups in total. The van der Waals surface area contributed by atoms with Crippen molar-refractivity contribution >= 4 is 17.3 Å². The van der Waals surface area contributed by atoms with E-state index < -0.39 is 11.6 Å². The minimum atomic E-state index is -0.563. The maximum Gasteiger partial charge on any atom is 0.234 e. The quantitative estimate of drug-likeness (QED) is 0.831. The van der Waals surface area contributed by atoms with Crippen LogP contribution in [0, 0.1) is 5.92 Å². The van der Waals surface area contributed by atoms with Crippen LogP contribution in [0.1, 0.15) is 42.6 Å². The summed E-state index contributed by atoms with van der Waals surface area (Å²) in [4.78, 5) is 23.9. The molecule has 94 valence electrons. The summed E-state index contributed by atoms with van der Waals surface area (Å²) in [5.74, 6) is -0.840. The summed E-state index contributed by atoms with van der Waals surface area (Å²) in [6, 6.07) is 6.69. The zero-order valence-corrected chi connectivity index (χ0v) is 10.6. The lowest BCUT2D eigenvalue weighted by atomic mass is 9.84. The molecule has 0 bridgehead atoms. The van der Waals surface area contributed by atoms with Gasteiger partial charge in [0, 0.05) is 16.7 Å². The van der Waals surface area contributed by atoms with Crippen molar-refractivity contribution in [3.8, 4) is 0 Å². The highest BCUT2D eigenvalue weighted by molar-refractivity contribution is 6.52. The lowest BCUT2D eigenvalue weighted by molar-refractivity contribution is -0.112. The minimum Gasteiger partial charge on any atom is -0.507 e. The van der Waals surface area contributed by atoms with Gasteiger partial charge in [-0.05, 0) is 12.3 Å². The molecule has 1 aromatic rings. The van der Waals surface area contributed by atoms with E-state index in [9.17, 15) is 14.7 Å². The van der Waals surface area contributed by atoms with Crippen molar-refractivity contribution in [2.24, 2.45) is 5.92 Å². The summed E-state index contributed by atoms with van der Waals surface area (Å²) < 4.78 is 0. The SMILES string of the molecule is CC[C@@H](C)CC1=C(O)c2ccccc2C(=O)C1=O. The van der Waals surface area contributed by atoms with Crippen LogP contribution in [-0.2, 0) is 4.79 Å². The standard InChI is InChI=1S/C15H16O3/c1-3-9(2)8-12-13(16)10-6-4-5-7-11(10)14(17)15(12)18/h4-7,9,16H,3,8H2,1-2H3/t9-/m1/s1. The second-order valence-electron chi connectivity index (χ2n) is 4.75. The molecular weight excluding hydrogens is 228 g/mol. The van der Waals surface area contributed by atoms with Crippen LogP contribution in [-0.4, -0.2) is 16.7 Å². The van der Waals surface area contributed by atoms with Gasteiger partial charge in [0.2, 0.25) is 11.6 Å². The number of hydrogen-bond acceptors (Lipinski definition) is 3. The summed E-state index contributed by atoms with van der Waals surface area (Å²) in [7, 11) is 0. The molecule has 0 amide bonds. The number of Topliss-reactive ketones (excluding diaryl/α,β-unsaturated/α-hetero) is 2. The first-order valence-corrected chi connectivity index (χ1v) is 6.16. The number of carbonyl (C=O) groups is 2. The average molecular weight is 244 g/mol. The number of aliphatic hydroxyl groups excluding tert-OH is 1. The van der Waals surface area contributed by atoms with Gasteiger partial charge in [0.15, 0.2) is 0 Å². The molecule has 3 heteroatoms. The van der Waals surface area contributed by atoms with Crippen molar-refractivity contribution in [2.45, 2.75) is 26.7 Å². The summed E-state index contributed by atoms with van der Waals surface area (Å²) in [5, 5.41) is 10.2. The van der Waals surface area contributed by atoms with Gasteiger partial charge in [-0.25, -0.2) is 0 Å². The molecule has 0 heterocycles. The van der Waals surface area contributed by atoms with E-state index in [0.717, 1.165) is 6.42 Å². The first-order valence-electron chi connectivity index (χ1n) is 6.16. The topological polar surface area (TPSA) is 54.4 Å². The van der Waals surface area contributed by atoms with Crippen molar-refractivity contribution in [3.63, 3.8) is 0 Å². The first-order chi connectivity index (χ1) is 8.56. The van der Waals surface area contributed by atoms with E-state index in [1.54, 1.807) is 24.3 Å². The van der Waals surface area contributed by atoms with Gasteiger partial charge in [-0.1, -0.05) is 44.5 Å². The highest BCUT2D eigenvalue weighted by Gasteiger charge is 2.32. The van der Waals surface area contributed by atoms with E-state index in [1.165, 1.54) is 0 Å². The van der Waals surface area contributed by atoms with Crippen molar-refractivity contribution in [2.75, 3.05) is 0 Å². The van der Waals surface area contributed by atoms with Crippen molar-refractivity contribution in [1.82, 2.24) is 0 Å². The summed E-state index contributed by atoms with van der Waals surface area (Å²) in [6.07, 6.45) is 1.35. The number of carbonyl (C=O) groups excluding carboxylic acids is 2. The largest absolute Gasteiger partial charge is 0.507 e. The van der Waals surface area contributed by atoms with Gasteiger partial charge in [0.1, 0.15) is 5.76 Å². The average Bonchev–Trinajstić information content (AvgIpc) is 2.40. The van der Waals surface area contributed by atoms with E-state index in [4.69, 9.17) is 0 Å². The first kappa shape index (κ1) is 12.6. The fourth-order valence-corrected chi connectivity index (χ4v) is 2.10. The Bertz CT molecular complexity index is 540. The Morgan fingerprint density at radius 3 is 2.33 bits per heavy atom. The van der Waals surface area contributed by atoms with Gasteiger partial charge in [-0.15, -0.1) is 0 Å². The van der Waals surface area contributed by atoms with Crippen LogP contribution in [0.3, 0.4) is 0 Å². The zero-order valence-electron chi connectivity index (χ0n) is 10.6. The number of benzene rings is 1. The van der Waals surface area contributed by atoms with Gasteiger partial charge in [-0.2, -0.15) is 0 Å². The molecule has 0 unspecified atom stereocenters. The van der Waals surface area contributed by atoms with Crippen molar-refractivity contribution in [1.29, 1.82) is 0 Å². The fourth-order valence-electron chi connectivity index (χ4n) is 2.10. The molecular formula is C15H16O3. The monoisotopic (exact) mass is 244 g/mol. The molecule has 3 nitrogen and oxygen atoms in total. The fraction of sp³-hybridized carbons (Fsp3) is 0.333. The predicted molar refractivity (Wildman–Crippen MR) is 69.4 cm³/mol. The third-order valence-corrected chi connectivity index (χ3v) is 3.44. The van der Waals surface area contributed by atoms with E-state index in [-0.39, 0.29) is 17.3 Å². The predicted octanol–water partition coefficient (Wildman–Crippen LogP) is 3.16. The van der Waals surface area contributed by atoms with Crippen molar-refractivity contribution < 1.29 is 14.7 Å². The van der Waals surface area contributed by atoms with E-state index in [0.29, 0.717) is 17.5 Å². The van der Waals surface area contributed by atoms with Crippen LogP contribution in [0.25, 0.3) is 5.76 Å². The Kier molecular flexibility index (Phi) is 3.32. The lowest BCUT2D eigenvalue weighted by Crippen LogP contribution is -2.25. The maximum absolute atomic E-state index is 12.0. The van der Waals surface area contributed by atoms with Gasteiger partial charge < -0.3 is 5.11 Å². The highest BCUT2D eigenvalue weighted by atomic mass is 16.3. The summed E-state index contributed by atoms with van der Waals surface area (Å²) >= 11 is 0. The molecule has 1 aliphatic rings. The second-order valence-corrected chi connectivity index (χ2v) is 4.75. The van der Waals surface area contributed by atoms with Gasteiger partial charge in [-0.3, -0.25) is 9.59 Å². The van der Waals surface area contributed by atoms with Crippen LogP contribution in [0.5, 0.6) is 0 Å². The molecule has 0 aliphatic heterocycles. The smallest absolute Gasteiger partial charge is 0.234 e. The second kappa shape index (κ2) is 4.77. The Hall–Kier alpha value is -1.90. The van der Waals surface area contributed by atoms with Crippen molar-refractivity contribution in [3.05, 3.63) is 41.0 Å². The molecule has 0 saturated carbocycles. The number of allylic oxidation sites excluding steroid dienone is 1. The Balaban J connectivity index is 2.52. The highest BCUT2D eigenvalue weighted by Crippen LogP contribution is 2.31. The molecule has 0 spiro atoms. The van der Waals surface area contributed by atoms with E-state index in [2.05, 4.69) is 0 Å². The van der Waals surface area contributed by atoms with Gasteiger partial charge in [0.25, 0.3) is 0 Å². The van der Waals surface area contributed by atoms with E-state index in [1.807, 2.05) is 13.8 Å². The normalized spacial score (nSPS) is 16.8. The minimum absolute atomic E-state index is 0.0319. The maximum atomic E-state index is 12.0. The van der Waals surface area contributed by atoms with Crippen LogP contribution < -0.4 is 0 Å². The molecule has 1 aliphatic carbocycles. The molecule has 0 radical (unpaired) electrons. The van der Waals surface area contributed by atoms with Crippen LogP contribution in [0.2, 0.25) is 0 Å². The third-order valence-electron chi connectivity index (χ3n) is 3.44. The number of rotatable bonds is 3. The number of hydrogen-bond donors (Lipinski definition) is 1.